The van der Waals surface area contributed by atoms with E-state index < -0.39 is 0 Å². The smallest absolute Gasteiger partial charge is 0.279 e. The van der Waals surface area contributed by atoms with Crippen molar-refractivity contribution in [1.29, 1.82) is 0 Å². The molecule has 3 rings (SSSR count). The molecular formula is C17H16N2OS2. The molecule has 5 heteroatoms. The summed E-state index contributed by atoms with van der Waals surface area (Å²) in [7, 11) is 1.94. The first-order chi connectivity index (χ1) is 10.6. The third-order valence-corrected chi connectivity index (χ3v) is 5.34. The van der Waals surface area contributed by atoms with Crippen molar-refractivity contribution in [3.05, 3.63) is 58.4 Å². The Morgan fingerprint density at radius 1 is 1.18 bits per heavy atom. The van der Waals surface area contributed by atoms with E-state index in [2.05, 4.69) is 30.1 Å². The van der Waals surface area contributed by atoms with E-state index >= 15 is 0 Å². The Morgan fingerprint density at radius 2 is 1.91 bits per heavy atom. The van der Waals surface area contributed by atoms with Crippen molar-refractivity contribution in [3.63, 3.8) is 0 Å². The molecule has 0 saturated carbocycles. The van der Waals surface area contributed by atoms with Crippen molar-refractivity contribution in [3.8, 4) is 0 Å². The van der Waals surface area contributed by atoms with E-state index in [0.29, 0.717) is 5.56 Å². The van der Waals surface area contributed by atoms with Gasteiger partial charge < -0.3 is 4.57 Å². The molecule has 0 aliphatic carbocycles. The van der Waals surface area contributed by atoms with Crippen LogP contribution in [0.3, 0.4) is 0 Å². The van der Waals surface area contributed by atoms with E-state index in [1.165, 1.54) is 5.56 Å². The molecule has 1 heterocycles. The average Bonchev–Trinajstić information content (AvgIpc) is 2.82. The number of nitrogens with zero attached hydrogens (tertiary/aromatic N) is 2. The standard InChI is InChI=1S/C17H16N2OS2/c1-11-4-9-14-15(10-11)22-17(19(14)2)18-16(20)12-5-7-13(21-3)8-6-12/h4-10H,1-3H3. The number of carbonyl (C=O) groups is 1. The normalized spacial score (nSPS) is 12.0. The van der Waals surface area contributed by atoms with Gasteiger partial charge >= 0.3 is 0 Å². The van der Waals surface area contributed by atoms with Gasteiger partial charge in [-0.25, -0.2) is 0 Å². The topological polar surface area (TPSA) is 34.4 Å². The SMILES string of the molecule is CSc1ccc(C(=O)N=c2sc3cc(C)ccc3n2C)cc1. The summed E-state index contributed by atoms with van der Waals surface area (Å²) in [4.78, 5) is 18.5. The summed E-state index contributed by atoms with van der Waals surface area (Å²) < 4.78 is 3.11. The number of rotatable bonds is 2. The molecule has 2 aromatic carbocycles. The number of carbonyl (C=O) groups excluding carboxylic acids is 1. The quantitative estimate of drug-likeness (QED) is 0.666. The van der Waals surface area contributed by atoms with Crippen molar-refractivity contribution < 1.29 is 4.79 Å². The lowest BCUT2D eigenvalue weighted by atomic mass is 10.2. The van der Waals surface area contributed by atoms with Gasteiger partial charge in [0.1, 0.15) is 0 Å². The van der Waals surface area contributed by atoms with Gasteiger partial charge in [0.15, 0.2) is 4.80 Å². The molecule has 3 nitrogen and oxygen atoms in total. The van der Waals surface area contributed by atoms with Gasteiger partial charge in [-0.2, -0.15) is 4.99 Å². The Labute approximate surface area is 137 Å². The molecule has 0 N–H and O–H groups in total. The Kier molecular flexibility index (Phi) is 4.18. The highest BCUT2D eigenvalue weighted by molar-refractivity contribution is 7.98. The molecule has 0 aliphatic heterocycles. The van der Waals surface area contributed by atoms with E-state index in [1.807, 2.05) is 42.1 Å². The van der Waals surface area contributed by atoms with E-state index in [0.717, 1.165) is 19.9 Å². The molecule has 1 amide bonds. The molecule has 0 spiro atoms. The van der Waals surface area contributed by atoms with Gasteiger partial charge in [0, 0.05) is 17.5 Å². The summed E-state index contributed by atoms with van der Waals surface area (Å²) in [6.45, 7) is 2.06. The first kappa shape index (κ1) is 15.1. The Bertz CT molecular complexity index is 905. The first-order valence-electron chi connectivity index (χ1n) is 6.88. The van der Waals surface area contributed by atoms with Crippen LogP contribution in [0.4, 0.5) is 0 Å². The molecule has 0 radical (unpaired) electrons. The van der Waals surface area contributed by atoms with Gasteiger partial charge in [-0.3, -0.25) is 4.79 Å². The van der Waals surface area contributed by atoms with Crippen LogP contribution in [0.25, 0.3) is 10.2 Å². The Balaban J connectivity index is 2.03. The molecule has 3 aromatic rings. The van der Waals surface area contributed by atoms with E-state index in [4.69, 9.17) is 0 Å². The fourth-order valence-corrected chi connectivity index (χ4v) is 3.76. The molecule has 112 valence electrons. The summed E-state index contributed by atoms with van der Waals surface area (Å²) in [5.41, 5.74) is 2.92. The van der Waals surface area contributed by atoms with Crippen LogP contribution in [0.1, 0.15) is 15.9 Å². The number of thiazole rings is 1. The van der Waals surface area contributed by atoms with Crippen LogP contribution in [-0.2, 0) is 7.05 Å². The third-order valence-electron chi connectivity index (χ3n) is 3.50. The molecule has 0 aliphatic rings. The maximum Gasteiger partial charge on any atom is 0.279 e. The molecule has 0 unspecified atom stereocenters. The summed E-state index contributed by atoms with van der Waals surface area (Å²) in [6.07, 6.45) is 2.01. The van der Waals surface area contributed by atoms with Crippen molar-refractivity contribution in [2.75, 3.05) is 6.26 Å². The summed E-state index contributed by atoms with van der Waals surface area (Å²) in [5, 5.41) is 0. The average molecular weight is 328 g/mol. The van der Waals surface area contributed by atoms with Crippen LogP contribution in [0.2, 0.25) is 0 Å². The van der Waals surface area contributed by atoms with E-state index in [9.17, 15) is 4.79 Å². The van der Waals surface area contributed by atoms with Crippen LogP contribution < -0.4 is 4.80 Å². The largest absolute Gasteiger partial charge is 0.319 e. The summed E-state index contributed by atoms with van der Waals surface area (Å²) in [5.74, 6) is -0.202. The van der Waals surface area contributed by atoms with Crippen LogP contribution in [0, 0.1) is 6.92 Å². The van der Waals surface area contributed by atoms with Gasteiger partial charge in [-0.05, 0) is 55.1 Å². The second-order valence-corrected chi connectivity index (χ2v) is 6.95. The first-order valence-corrected chi connectivity index (χ1v) is 8.92. The Morgan fingerprint density at radius 3 is 2.59 bits per heavy atom. The molecule has 0 fully saturated rings. The highest BCUT2D eigenvalue weighted by atomic mass is 32.2. The van der Waals surface area contributed by atoms with Crippen molar-refractivity contribution in [1.82, 2.24) is 4.57 Å². The van der Waals surface area contributed by atoms with Crippen molar-refractivity contribution in [2.24, 2.45) is 12.0 Å². The minimum Gasteiger partial charge on any atom is -0.319 e. The number of thioether (sulfide) groups is 1. The van der Waals surface area contributed by atoms with Gasteiger partial charge in [0.2, 0.25) is 0 Å². The zero-order chi connectivity index (χ0) is 15.7. The molecule has 22 heavy (non-hydrogen) atoms. The lowest BCUT2D eigenvalue weighted by molar-refractivity contribution is 0.0998. The number of hydrogen-bond acceptors (Lipinski definition) is 3. The number of fused-ring (bicyclic) bond motifs is 1. The summed E-state index contributed by atoms with van der Waals surface area (Å²) in [6, 6.07) is 13.8. The van der Waals surface area contributed by atoms with Crippen LogP contribution in [0.15, 0.2) is 52.4 Å². The maximum atomic E-state index is 12.3. The third kappa shape index (κ3) is 2.87. The van der Waals surface area contributed by atoms with E-state index in [1.54, 1.807) is 23.1 Å². The second kappa shape index (κ2) is 6.10. The minimum atomic E-state index is -0.202. The number of aryl methyl sites for hydroxylation is 2. The molecular weight excluding hydrogens is 312 g/mol. The van der Waals surface area contributed by atoms with Crippen LogP contribution in [0.5, 0.6) is 0 Å². The molecule has 1 aromatic heterocycles. The predicted molar refractivity (Wildman–Crippen MR) is 93.6 cm³/mol. The lowest BCUT2D eigenvalue weighted by Gasteiger charge is -1.98. The van der Waals surface area contributed by atoms with Crippen LogP contribution in [-0.4, -0.2) is 16.7 Å². The van der Waals surface area contributed by atoms with Gasteiger partial charge in [0.25, 0.3) is 5.91 Å². The Hall–Kier alpha value is -1.85. The number of benzene rings is 2. The summed E-state index contributed by atoms with van der Waals surface area (Å²) >= 11 is 3.20. The maximum absolute atomic E-state index is 12.3. The molecule has 0 saturated heterocycles. The van der Waals surface area contributed by atoms with Gasteiger partial charge in [-0.15, -0.1) is 11.8 Å². The fraction of sp³-hybridized carbons (Fsp3) is 0.176. The molecule has 0 atom stereocenters. The molecule has 0 bridgehead atoms. The zero-order valence-corrected chi connectivity index (χ0v) is 14.3. The van der Waals surface area contributed by atoms with Crippen LogP contribution >= 0.6 is 23.1 Å². The zero-order valence-electron chi connectivity index (χ0n) is 12.7. The highest BCUT2D eigenvalue weighted by Crippen LogP contribution is 2.18. The van der Waals surface area contributed by atoms with Gasteiger partial charge in [0.05, 0.1) is 10.2 Å². The van der Waals surface area contributed by atoms with Crippen molar-refractivity contribution in [2.45, 2.75) is 11.8 Å². The van der Waals surface area contributed by atoms with Crippen molar-refractivity contribution >= 4 is 39.2 Å². The van der Waals surface area contributed by atoms with Gasteiger partial charge in [-0.1, -0.05) is 17.4 Å². The predicted octanol–water partition coefficient (Wildman–Crippen LogP) is 4.01. The van der Waals surface area contributed by atoms with E-state index in [-0.39, 0.29) is 5.91 Å². The number of amides is 1. The minimum absolute atomic E-state index is 0.202. The number of aromatic nitrogens is 1. The fourth-order valence-electron chi connectivity index (χ4n) is 2.23. The number of hydrogen-bond donors (Lipinski definition) is 0. The second-order valence-electron chi connectivity index (χ2n) is 5.06. The highest BCUT2D eigenvalue weighted by Gasteiger charge is 2.07. The lowest BCUT2D eigenvalue weighted by Crippen LogP contribution is -2.13. The monoisotopic (exact) mass is 328 g/mol.